The highest BCUT2D eigenvalue weighted by Crippen LogP contribution is 2.09. The Labute approximate surface area is 47.6 Å². The molecule has 1 aromatic heterocycles. The number of aryl methyl sites for hydroxylation is 2. The van der Waals surface area contributed by atoms with Crippen LogP contribution in [0.4, 0.5) is 0 Å². The molecule has 3 heteroatoms. The van der Waals surface area contributed by atoms with Crippen molar-refractivity contribution in [3.05, 3.63) is 11.9 Å². The summed E-state index contributed by atoms with van der Waals surface area (Å²) in [5.41, 5.74) is 0.618. The van der Waals surface area contributed by atoms with E-state index < -0.39 is 0 Å². The molecule has 0 aliphatic rings. The van der Waals surface area contributed by atoms with Crippen LogP contribution in [-0.2, 0) is 7.05 Å². The van der Waals surface area contributed by atoms with Gasteiger partial charge in [0.05, 0.1) is 0 Å². The minimum Gasteiger partial charge on any atom is -0.504 e. The van der Waals surface area contributed by atoms with Crippen molar-refractivity contribution in [2.75, 3.05) is 0 Å². The summed E-state index contributed by atoms with van der Waals surface area (Å²) < 4.78 is 1.45. The second-order valence-corrected chi connectivity index (χ2v) is 1.67. The molecule has 0 saturated carbocycles. The summed E-state index contributed by atoms with van der Waals surface area (Å²) in [6, 6.07) is 0. The Morgan fingerprint density at radius 1 is 1.75 bits per heavy atom. The van der Waals surface area contributed by atoms with E-state index in [9.17, 15) is 0 Å². The molecule has 8 heavy (non-hydrogen) atoms. The SMILES string of the molecule is Cc1nn(C)[c]c1O. The largest absolute Gasteiger partial charge is 0.504 e. The van der Waals surface area contributed by atoms with Crippen molar-refractivity contribution >= 4 is 0 Å². The lowest BCUT2D eigenvalue weighted by atomic mass is 10.5. The summed E-state index contributed by atoms with van der Waals surface area (Å²) in [5.74, 6) is 0.132. The fourth-order valence-corrected chi connectivity index (χ4v) is 0.532. The van der Waals surface area contributed by atoms with Crippen LogP contribution in [0.3, 0.4) is 0 Å². The summed E-state index contributed by atoms with van der Waals surface area (Å²) in [4.78, 5) is 0. The van der Waals surface area contributed by atoms with Crippen LogP contribution in [0.15, 0.2) is 0 Å². The highest BCUT2D eigenvalue weighted by Gasteiger charge is 1.97. The average molecular weight is 111 g/mol. The number of nitrogens with zero attached hydrogens (tertiary/aromatic N) is 2. The molecule has 0 aliphatic carbocycles. The van der Waals surface area contributed by atoms with E-state index in [1.165, 1.54) is 4.68 Å². The number of aromatic hydroxyl groups is 1. The molecule has 1 rings (SSSR count). The third kappa shape index (κ3) is 0.665. The minimum absolute atomic E-state index is 0.132. The summed E-state index contributed by atoms with van der Waals surface area (Å²) in [5, 5.41) is 12.6. The molecular formula is C5H7N2O. The highest BCUT2D eigenvalue weighted by molar-refractivity contribution is 5.18. The van der Waals surface area contributed by atoms with Crippen molar-refractivity contribution in [3.63, 3.8) is 0 Å². The molecule has 1 aromatic rings. The normalized spacial score (nSPS) is 9.75. The van der Waals surface area contributed by atoms with E-state index in [2.05, 4.69) is 11.3 Å². The van der Waals surface area contributed by atoms with E-state index in [1.54, 1.807) is 14.0 Å². The molecule has 1 N–H and O–H groups in total. The molecule has 1 radical (unpaired) electrons. The molecule has 0 atom stereocenters. The first-order chi connectivity index (χ1) is 3.70. The fourth-order valence-electron chi connectivity index (χ4n) is 0.532. The Morgan fingerprint density at radius 3 is 2.50 bits per heavy atom. The first kappa shape index (κ1) is 5.15. The molecule has 0 amide bonds. The fraction of sp³-hybridized carbons (Fsp3) is 0.400. The third-order valence-corrected chi connectivity index (χ3v) is 0.910. The smallest absolute Gasteiger partial charge is 0.166 e. The molecule has 0 spiro atoms. The number of rotatable bonds is 0. The maximum atomic E-state index is 8.80. The molecule has 43 valence electrons. The van der Waals surface area contributed by atoms with Gasteiger partial charge in [-0.05, 0) is 6.92 Å². The molecule has 0 bridgehead atoms. The van der Waals surface area contributed by atoms with Gasteiger partial charge in [0.2, 0.25) is 0 Å². The van der Waals surface area contributed by atoms with E-state index in [0.29, 0.717) is 5.69 Å². The van der Waals surface area contributed by atoms with Crippen LogP contribution < -0.4 is 0 Å². The lowest BCUT2D eigenvalue weighted by molar-refractivity contribution is 0.469. The van der Waals surface area contributed by atoms with Gasteiger partial charge in [-0.2, -0.15) is 5.10 Å². The lowest BCUT2D eigenvalue weighted by Crippen LogP contribution is -1.86. The quantitative estimate of drug-likeness (QED) is 0.520. The van der Waals surface area contributed by atoms with Crippen LogP contribution in [0.25, 0.3) is 0 Å². The monoisotopic (exact) mass is 111 g/mol. The van der Waals surface area contributed by atoms with E-state index in [4.69, 9.17) is 5.11 Å². The van der Waals surface area contributed by atoms with Crippen molar-refractivity contribution in [2.24, 2.45) is 7.05 Å². The Hall–Kier alpha value is -0.990. The van der Waals surface area contributed by atoms with Gasteiger partial charge in [-0.3, -0.25) is 4.68 Å². The number of aromatic nitrogens is 2. The Kier molecular flexibility index (Phi) is 0.970. The molecule has 0 aromatic carbocycles. The van der Waals surface area contributed by atoms with Gasteiger partial charge in [0, 0.05) is 7.05 Å². The van der Waals surface area contributed by atoms with Gasteiger partial charge in [-0.15, -0.1) is 0 Å². The van der Waals surface area contributed by atoms with Crippen LogP contribution in [0.2, 0.25) is 0 Å². The van der Waals surface area contributed by atoms with Crippen molar-refractivity contribution < 1.29 is 5.11 Å². The summed E-state index contributed by atoms with van der Waals surface area (Å²) >= 11 is 0. The van der Waals surface area contributed by atoms with Gasteiger partial charge < -0.3 is 5.11 Å². The van der Waals surface area contributed by atoms with Crippen LogP contribution in [0, 0.1) is 13.1 Å². The Balaban J connectivity index is 3.14. The van der Waals surface area contributed by atoms with Gasteiger partial charge >= 0.3 is 0 Å². The van der Waals surface area contributed by atoms with Gasteiger partial charge in [-0.1, -0.05) is 0 Å². The molecule has 3 nitrogen and oxygen atoms in total. The van der Waals surface area contributed by atoms with E-state index >= 15 is 0 Å². The van der Waals surface area contributed by atoms with Gasteiger partial charge in [0.15, 0.2) is 5.75 Å². The molecule has 0 saturated heterocycles. The second-order valence-electron chi connectivity index (χ2n) is 1.67. The van der Waals surface area contributed by atoms with Crippen LogP contribution >= 0.6 is 0 Å². The highest BCUT2D eigenvalue weighted by atomic mass is 16.3. The minimum atomic E-state index is 0.132. The van der Waals surface area contributed by atoms with Gasteiger partial charge in [0.25, 0.3) is 0 Å². The first-order valence-electron chi connectivity index (χ1n) is 2.32. The first-order valence-corrected chi connectivity index (χ1v) is 2.32. The third-order valence-electron chi connectivity index (χ3n) is 0.910. The van der Waals surface area contributed by atoms with Crippen LogP contribution in [-0.4, -0.2) is 14.9 Å². The maximum absolute atomic E-state index is 8.80. The Morgan fingerprint density at radius 2 is 2.38 bits per heavy atom. The standard InChI is InChI=1S/C5H7N2O/c1-4-5(8)3-7(2)6-4/h8H,1-2H3. The topological polar surface area (TPSA) is 38.0 Å². The molecular weight excluding hydrogens is 104 g/mol. The van der Waals surface area contributed by atoms with E-state index in [1.807, 2.05) is 0 Å². The lowest BCUT2D eigenvalue weighted by Gasteiger charge is -1.78. The van der Waals surface area contributed by atoms with Crippen molar-refractivity contribution in [1.82, 2.24) is 9.78 Å². The zero-order valence-corrected chi connectivity index (χ0v) is 4.84. The average Bonchev–Trinajstić information content (AvgIpc) is 1.85. The predicted octanol–water partition coefficient (Wildman–Crippen LogP) is 0.234. The number of hydrogen-bond acceptors (Lipinski definition) is 2. The Bertz CT molecular complexity index is 173. The summed E-state index contributed by atoms with van der Waals surface area (Å²) in [6.45, 7) is 1.73. The van der Waals surface area contributed by atoms with Crippen molar-refractivity contribution in [1.29, 1.82) is 0 Å². The molecule has 0 fully saturated rings. The van der Waals surface area contributed by atoms with Gasteiger partial charge in [-0.25, -0.2) is 0 Å². The molecule has 1 heterocycles. The van der Waals surface area contributed by atoms with Crippen LogP contribution in [0.5, 0.6) is 5.75 Å². The summed E-state index contributed by atoms with van der Waals surface area (Å²) in [7, 11) is 1.72. The molecule has 0 aliphatic heterocycles. The van der Waals surface area contributed by atoms with Crippen molar-refractivity contribution in [2.45, 2.75) is 6.92 Å². The second kappa shape index (κ2) is 1.51. The predicted molar refractivity (Wildman–Crippen MR) is 28.4 cm³/mol. The van der Waals surface area contributed by atoms with Crippen molar-refractivity contribution in [3.8, 4) is 5.75 Å². The number of hydrogen-bond donors (Lipinski definition) is 1. The zero-order valence-electron chi connectivity index (χ0n) is 4.84. The van der Waals surface area contributed by atoms with E-state index in [-0.39, 0.29) is 5.75 Å². The zero-order chi connectivity index (χ0) is 6.15. The maximum Gasteiger partial charge on any atom is 0.166 e. The van der Waals surface area contributed by atoms with Crippen LogP contribution in [0.1, 0.15) is 5.69 Å². The summed E-state index contributed by atoms with van der Waals surface area (Å²) in [6.07, 6.45) is 2.57. The molecule has 0 unspecified atom stereocenters. The van der Waals surface area contributed by atoms with Gasteiger partial charge in [0.1, 0.15) is 11.9 Å². The van der Waals surface area contributed by atoms with E-state index in [0.717, 1.165) is 0 Å².